The van der Waals surface area contributed by atoms with Crippen LogP contribution in [0, 0.1) is 0 Å². The normalized spacial score (nSPS) is 32.4. The Bertz CT molecular complexity index is 418. The number of aliphatic hydroxyl groups excluding tert-OH is 1. The molecule has 0 aromatic rings. The van der Waals surface area contributed by atoms with Gasteiger partial charge < -0.3 is 20.3 Å². The lowest BCUT2D eigenvalue weighted by molar-refractivity contribution is -0.163. The standard InChI is InChI=1S/C15H26N2O5/c1-15(2)9-17(12(8-22-15)14(20)21)7-13(19)16-10-3-5-11(18)6-4-10/h10-12,18H,3-9H2,1-2H3,(H,16,19)(H,20,21). The zero-order chi connectivity index (χ0) is 16.3. The molecule has 2 rings (SSSR count). The molecule has 1 saturated heterocycles. The number of aliphatic carboxylic acids is 1. The molecule has 1 aliphatic heterocycles. The van der Waals surface area contributed by atoms with E-state index >= 15 is 0 Å². The van der Waals surface area contributed by atoms with Crippen molar-refractivity contribution in [3.63, 3.8) is 0 Å². The summed E-state index contributed by atoms with van der Waals surface area (Å²) in [4.78, 5) is 25.2. The zero-order valence-corrected chi connectivity index (χ0v) is 13.2. The van der Waals surface area contributed by atoms with E-state index in [-0.39, 0.29) is 31.2 Å². The second kappa shape index (κ2) is 6.93. The van der Waals surface area contributed by atoms with Gasteiger partial charge in [-0.3, -0.25) is 14.5 Å². The van der Waals surface area contributed by atoms with Crippen LogP contribution in [0.4, 0.5) is 0 Å². The van der Waals surface area contributed by atoms with Crippen LogP contribution in [0.3, 0.4) is 0 Å². The van der Waals surface area contributed by atoms with E-state index in [9.17, 15) is 19.8 Å². The minimum Gasteiger partial charge on any atom is -0.480 e. The van der Waals surface area contributed by atoms with Crippen LogP contribution in [0.1, 0.15) is 39.5 Å². The Kier molecular flexibility index (Phi) is 5.41. The molecule has 1 saturated carbocycles. The molecule has 0 spiro atoms. The number of hydrogen-bond donors (Lipinski definition) is 3. The van der Waals surface area contributed by atoms with Gasteiger partial charge in [-0.1, -0.05) is 0 Å². The first kappa shape index (κ1) is 17.2. The van der Waals surface area contributed by atoms with Crippen molar-refractivity contribution in [1.29, 1.82) is 0 Å². The molecule has 126 valence electrons. The summed E-state index contributed by atoms with van der Waals surface area (Å²) in [5.74, 6) is -1.13. The summed E-state index contributed by atoms with van der Waals surface area (Å²) in [6.45, 7) is 4.33. The molecule has 0 bridgehead atoms. The third kappa shape index (κ3) is 4.66. The molecule has 1 amide bonds. The molecule has 22 heavy (non-hydrogen) atoms. The highest BCUT2D eigenvalue weighted by molar-refractivity contribution is 5.80. The number of nitrogens with zero attached hydrogens (tertiary/aromatic N) is 1. The molecule has 0 aromatic heterocycles. The van der Waals surface area contributed by atoms with Crippen molar-refractivity contribution >= 4 is 11.9 Å². The number of rotatable bonds is 4. The summed E-state index contributed by atoms with van der Waals surface area (Å²) in [5, 5.41) is 21.7. The second-order valence-corrected chi connectivity index (χ2v) is 6.90. The van der Waals surface area contributed by atoms with Crippen LogP contribution in [-0.4, -0.2) is 70.5 Å². The van der Waals surface area contributed by atoms with Crippen molar-refractivity contribution in [2.75, 3.05) is 19.7 Å². The Labute approximate surface area is 130 Å². The van der Waals surface area contributed by atoms with Gasteiger partial charge in [0.1, 0.15) is 6.04 Å². The number of carbonyl (C=O) groups excluding carboxylic acids is 1. The van der Waals surface area contributed by atoms with Crippen molar-refractivity contribution in [3.8, 4) is 0 Å². The maximum Gasteiger partial charge on any atom is 0.323 e. The quantitative estimate of drug-likeness (QED) is 0.674. The van der Waals surface area contributed by atoms with Gasteiger partial charge >= 0.3 is 5.97 Å². The number of nitrogens with one attached hydrogen (secondary N) is 1. The average molecular weight is 314 g/mol. The van der Waals surface area contributed by atoms with Crippen LogP contribution in [0.2, 0.25) is 0 Å². The van der Waals surface area contributed by atoms with E-state index < -0.39 is 17.6 Å². The molecule has 3 N–H and O–H groups in total. The Hall–Kier alpha value is -1.18. The fourth-order valence-electron chi connectivity index (χ4n) is 3.13. The fraction of sp³-hybridized carbons (Fsp3) is 0.867. The van der Waals surface area contributed by atoms with Gasteiger partial charge in [0, 0.05) is 12.6 Å². The van der Waals surface area contributed by atoms with E-state index in [0.717, 1.165) is 12.8 Å². The highest BCUT2D eigenvalue weighted by Crippen LogP contribution is 2.21. The highest BCUT2D eigenvalue weighted by Gasteiger charge is 2.38. The van der Waals surface area contributed by atoms with Crippen LogP contribution in [-0.2, 0) is 14.3 Å². The summed E-state index contributed by atoms with van der Waals surface area (Å²) in [5.41, 5.74) is -0.457. The van der Waals surface area contributed by atoms with Crippen LogP contribution in [0.25, 0.3) is 0 Å². The van der Waals surface area contributed by atoms with E-state index in [4.69, 9.17) is 4.74 Å². The third-order valence-corrected chi connectivity index (χ3v) is 4.35. The molecular weight excluding hydrogens is 288 g/mol. The third-order valence-electron chi connectivity index (χ3n) is 4.35. The summed E-state index contributed by atoms with van der Waals surface area (Å²) >= 11 is 0. The number of carboxylic acids is 1. The first-order valence-electron chi connectivity index (χ1n) is 7.85. The van der Waals surface area contributed by atoms with Crippen LogP contribution in [0.15, 0.2) is 0 Å². The van der Waals surface area contributed by atoms with Gasteiger partial charge in [0.05, 0.1) is 24.9 Å². The lowest BCUT2D eigenvalue weighted by atomic mass is 9.93. The van der Waals surface area contributed by atoms with Crippen LogP contribution >= 0.6 is 0 Å². The molecule has 7 nitrogen and oxygen atoms in total. The summed E-state index contributed by atoms with van der Waals surface area (Å²) < 4.78 is 5.53. The van der Waals surface area contributed by atoms with Gasteiger partial charge in [-0.25, -0.2) is 0 Å². The zero-order valence-electron chi connectivity index (χ0n) is 13.2. The Morgan fingerprint density at radius 2 is 1.91 bits per heavy atom. The van der Waals surface area contributed by atoms with E-state index in [2.05, 4.69) is 5.32 Å². The number of carbonyl (C=O) groups is 2. The number of carboxylic acid groups (broad SMARTS) is 1. The minimum atomic E-state index is -0.968. The predicted molar refractivity (Wildman–Crippen MR) is 79.4 cm³/mol. The number of aliphatic hydroxyl groups is 1. The molecule has 0 radical (unpaired) electrons. The van der Waals surface area contributed by atoms with Crippen molar-refractivity contribution in [3.05, 3.63) is 0 Å². The molecule has 2 aliphatic rings. The Morgan fingerprint density at radius 1 is 1.27 bits per heavy atom. The smallest absolute Gasteiger partial charge is 0.323 e. The van der Waals surface area contributed by atoms with Gasteiger partial charge in [-0.2, -0.15) is 0 Å². The van der Waals surface area contributed by atoms with E-state index in [1.54, 1.807) is 4.90 Å². The van der Waals surface area contributed by atoms with Crippen molar-refractivity contribution in [2.24, 2.45) is 0 Å². The molecule has 1 unspecified atom stereocenters. The monoisotopic (exact) mass is 314 g/mol. The van der Waals surface area contributed by atoms with Gasteiger partial charge in [-0.05, 0) is 39.5 Å². The molecule has 7 heteroatoms. The van der Waals surface area contributed by atoms with Crippen molar-refractivity contribution < 1.29 is 24.5 Å². The number of hydrogen-bond acceptors (Lipinski definition) is 5. The lowest BCUT2D eigenvalue weighted by Crippen LogP contribution is -2.59. The maximum atomic E-state index is 12.2. The van der Waals surface area contributed by atoms with Crippen molar-refractivity contribution in [2.45, 2.75) is 63.3 Å². The summed E-state index contributed by atoms with van der Waals surface area (Å²) in [6, 6.07) is -0.708. The second-order valence-electron chi connectivity index (χ2n) is 6.90. The minimum absolute atomic E-state index is 0.0583. The largest absolute Gasteiger partial charge is 0.480 e. The predicted octanol–water partition coefficient (Wildman–Crippen LogP) is -0.0299. The number of morpholine rings is 1. The van der Waals surface area contributed by atoms with Gasteiger partial charge in [0.15, 0.2) is 0 Å². The maximum absolute atomic E-state index is 12.2. The van der Waals surface area contributed by atoms with Crippen molar-refractivity contribution in [1.82, 2.24) is 10.2 Å². The number of amides is 1. The molecule has 0 aromatic carbocycles. The molecular formula is C15H26N2O5. The molecule has 1 atom stereocenters. The SMILES string of the molecule is CC1(C)CN(CC(=O)NC2CCC(O)CC2)C(C(=O)O)CO1. The van der Waals surface area contributed by atoms with E-state index in [1.807, 2.05) is 13.8 Å². The first-order chi connectivity index (χ1) is 10.3. The highest BCUT2D eigenvalue weighted by atomic mass is 16.5. The Balaban J connectivity index is 1.88. The fourth-order valence-corrected chi connectivity index (χ4v) is 3.13. The van der Waals surface area contributed by atoms with E-state index in [1.165, 1.54) is 0 Å². The molecule has 1 aliphatic carbocycles. The first-order valence-corrected chi connectivity index (χ1v) is 7.85. The van der Waals surface area contributed by atoms with Crippen LogP contribution < -0.4 is 5.32 Å². The molecule has 1 heterocycles. The Morgan fingerprint density at radius 3 is 2.50 bits per heavy atom. The van der Waals surface area contributed by atoms with Gasteiger partial charge in [0.2, 0.25) is 5.91 Å². The topological polar surface area (TPSA) is 99.1 Å². The summed E-state index contributed by atoms with van der Waals surface area (Å²) in [6.07, 6.45) is 2.68. The van der Waals surface area contributed by atoms with E-state index in [0.29, 0.717) is 19.4 Å². The molecule has 2 fully saturated rings. The average Bonchev–Trinajstić information content (AvgIpc) is 2.40. The van der Waals surface area contributed by atoms with Gasteiger partial charge in [0.25, 0.3) is 0 Å². The summed E-state index contributed by atoms with van der Waals surface area (Å²) in [7, 11) is 0. The lowest BCUT2D eigenvalue weighted by Gasteiger charge is -2.41. The number of ether oxygens (including phenoxy) is 1. The van der Waals surface area contributed by atoms with Crippen LogP contribution in [0.5, 0.6) is 0 Å². The van der Waals surface area contributed by atoms with Gasteiger partial charge in [-0.15, -0.1) is 0 Å².